The summed E-state index contributed by atoms with van der Waals surface area (Å²) in [6, 6.07) is 0. The van der Waals surface area contributed by atoms with Crippen LogP contribution in [0.25, 0.3) is 0 Å². The van der Waals surface area contributed by atoms with Crippen LogP contribution in [0.1, 0.15) is 39.5 Å². The van der Waals surface area contributed by atoms with Crippen LogP contribution in [0.15, 0.2) is 11.9 Å². The molecule has 0 aliphatic rings. The van der Waals surface area contributed by atoms with Crippen molar-refractivity contribution in [3.63, 3.8) is 0 Å². The van der Waals surface area contributed by atoms with Crippen molar-refractivity contribution in [3.8, 4) is 0 Å². The highest BCUT2D eigenvalue weighted by molar-refractivity contribution is 4.84. The van der Waals surface area contributed by atoms with Crippen LogP contribution in [-0.4, -0.2) is 11.5 Å². The number of nitro groups is 1. The molecule has 0 atom stereocenters. The second-order valence-corrected chi connectivity index (χ2v) is 3.06. The third-order valence-corrected chi connectivity index (χ3v) is 1.77. The van der Waals surface area contributed by atoms with Gasteiger partial charge in [0, 0.05) is 13.5 Å². The van der Waals surface area contributed by atoms with E-state index in [1.54, 1.807) is 0 Å². The second kappa shape index (κ2) is 7.58. The number of allylic oxidation sites excluding steroid dienone is 1. The van der Waals surface area contributed by atoms with Gasteiger partial charge in [0.1, 0.15) is 0 Å². The Kier molecular flexibility index (Phi) is 6.96. The number of nitrogens with zero attached hydrogens (tertiary/aromatic N) is 1. The lowest BCUT2D eigenvalue weighted by Crippen LogP contribution is -2.09. The van der Waals surface area contributed by atoms with Crippen molar-refractivity contribution in [1.29, 1.82) is 0 Å². The van der Waals surface area contributed by atoms with Gasteiger partial charge >= 0.3 is 0 Å². The minimum Gasteiger partial charge on any atom is -0.386 e. The van der Waals surface area contributed by atoms with Crippen molar-refractivity contribution in [1.82, 2.24) is 5.32 Å². The normalized spacial score (nSPS) is 11.4. The van der Waals surface area contributed by atoms with Crippen LogP contribution in [0.5, 0.6) is 0 Å². The molecule has 0 aromatic carbocycles. The van der Waals surface area contributed by atoms with Crippen LogP contribution in [0.2, 0.25) is 0 Å². The molecule has 0 unspecified atom stereocenters. The van der Waals surface area contributed by atoms with E-state index in [0.29, 0.717) is 0 Å². The van der Waals surface area contributed by atoms with E-state index in [9.17, 15) is 10.1 Å². The summed E-state index contributed by atoms with van der Waals surface area (Å²) in [5.74, 6) is 0. The van der Waals surface area contributed by atoms with E-state index >= 15 is 0 Å². The van der Waals surface area contributed by atoms with Gasteiger partial charge in [0.05, 0.1) is 11.1 Å². The molecule has 0 saturated carbocycles. The summed E-state index contributed by atoms with van der Waals surface area (Å²) in [6.07, 6.45) is 6.18. The highest BCUT2D eigenvalue weighted by Gasteiger charge is 1.98. The van der Waals surface area contributed by atoms with Gasteiger partial charge in [-0.3, -0.25) is 10.1 Å². The first-order valence-corrected chi connectivity index (χ1v) is 4.73. The monoisotopic (exact) mass is 186 g/mol. The highest BCUT2D eigenvalue weighted by atomic mass is 16.6. The molecule has 13 heavy (non-hydrogen) atoms. The summed E-state index contributed by atoms with van der Waals surface area (Å²) in [7, 11) is 0. The quantitative estimate of drug-likeness (QED) is 0.377. The first-order chi connectivity index (χ1) is 6.18. The molecule has 4 nitrogen and oxygen atoms in total. The first-order valence-electron chi connectivity index (χ1n) is 4.73. The van der Waals surface area contributed by atoms with Gasteiger partial charge in [-0.15, -0.1) is 0 Å². The van der Waals surface area contributed by atoms with Gasteiger partial charge in [-0.2, -0.15) is 0 Å². The number of nitrogens with one attached hydrogen (secondary N) is 1. The number of hydrogen-bond acceptors (Lipinski definition) is 3. The summed E-state index contributed by atoms with van der Waals surface area (Å²) in [5.41, 5.74) is 0.162. The predicted molar refractivity (Wildman–Crippen MR) is 52.9 cm³/mol. The smallest absolute Gasteiger partial charge is 0.258 e. The largest absolute Gasteiger partial charge is 0.386 e. The molecule has 0 bridgehead atoms. The molecule has 0 heterocycles. The van der Waals surface area contributed by atoms with Crippen LogP contribution < -0.4 is 5.32 Å². The van der Waals surface area contributed by atoms with Crippen molar-refractivity contribution >= 4 is 0 Å². The van der Waals surface area contributed by atoms with Crippen molar-refractivity contribution < 1.29 is 4.92 Å². The van der Waals surface area contributed by atoms with Crippen LogP contribution >= 0.6 is 0 Å². The van der Waals surface area contributed by atoms with E-state index < -0.39 is 0 Å². The molecular weight excluding hydrogens is 168 g/mol. The average Bonchev–Trinajstić information content (AvgIpc) is 2.10. The van der Waals surface area contributed by atoms with Crippen molar-refractivity contribution in [2.45, 2.75) is 39.5 Å². The second-order valence-electron chi connectivity index (χ2n) is 3.06. The van der Waals surface area contributed by atoms with E-state index in [1.165, 1.54) is 32.4 Å². The number of unbranched alkanes of at least 4 members (excludes halogenated alkanes) is 3. The van der Waals surface area contributed by atoms with E-state index in [0.717, 1.165) is 13.0 Å². The topological polar surface area (TPSA) is 55.2 Å². The SMILES string of the molecule is CCCCCCN/C=C(\C)[N+](=O)[O-]. The standard InChI is InChI=1S/C9H18N2O2/c1-3-4-5-6-7-10-8-9(2)11(12)13/h8,10H,3-7H2,1-2H3/b9-8+. The molecule has 0 aliphatic heterocycles. The highest BCUT2D eigenvalue weighted by Crippen LogP contribution is 1.97. The molecule has 0 amide bonds. The zero-order valence-corrected chi connectivity index (χ0v) is 8.38. The van der Waals surface area contributed by atoms with Crippen LogP contribution in [0.4, 0.5) is 0 Å². The fourth-order valence-corrected chi connectivity index (χ4v) is 0.926. The third kappa shape index (κ3) is 7.31. The maximum absolute atomic E-state index is 10.2. The Balaban J connectivity index is 3.34. The van der Waals surface area contributed by atoms with Gasteiger partial charge in [-0.05, 0) is 6.42 Å². The molecule has 0 aliphatic carbocycles. The fourth-order valence-electron chi connectivity index (χ4n) is 0.926. The Morgan fingerprint density at radius 1 is 1.46 bits per heavy atom. The Morgan fingerprint density at radius 2 is 2.15 bits per heavy atom. The molecular formula is C9H18N2O2. The van der Waals surface area contributed by atoms with Crippen LogP contribution in [0.3, 0.4) is 0 Å². The molecule has 0 aromatic rings. The van der Waals surface area contributed by atoms with Gasteiger partial charge in [0.15, 0.2) is 0 Å². The molecule has 0 rings (SSSR count). The molecule has 76 valence electrons. The molecule has 4 heteroatoms. The van der Waals surface area contributed by atoms with Gasteiger partial charge in [0.2, 0.25) is 0 Å². The minimum atomic E-state index is -0.390. The summed E-state index contributed by atoms with van der Waals surface area (Å²) >= 11 is 0. The van der Waals surface area contributed by atoms with Crippen LogP contribution in [0, 0.1) is 10.1 Å². The minimum absolute atomic E-state index is 0.162. The van der Waals surface area contributed by atoms with Crippen molar-refractivity contribution in [2.24, 2.45) is 0 Å². The Hall–Kier alpha value is -1.06. The Morgan fingerprint density at radius 3 is 2.69 bits per heavy atom. The lowest BCUT2D eigenvalue weighted by molar-refractivity contribution is -0.424. The predicted octanol–water partition coefficient (Wildman–Crippen LogP) is 2.29. The van der Waals surface area contributed by atoms with Gasteiger partial charge in [0.25, 0.3) is 5.70 Å². The van der Waals surface area contributed by atoms with E-state index in [-0.39, 0.29) is 10.6 Å². The molecule has 0 fully saturated rings. The van der Waals surface area contributed by atoms with Crippen LogP contribution in [-0.2, 0) is 0 Å². The van der Waals surface area contributed by atoms with E-state index in [2.05, 4.69) is 12.2 Å². The van der Waals surface area contributed by atoms with Gasteiger partial charge in [-0.25, -0.2) is 0 Å². The van der Waals surface area contributed by atoms with E-state index in [4.69, 9.17) is 0 Å². The molecule has 0 radical (unpaired) electrons. The van der Waals surface area contributed by atoms with Crippen molar-refractivity contribution in [3.05, 3.63) is 22.0 Å². The zero-order valence-electron chi connectivity index (χ0n) is 8.38. The van der Waals surface area contributed by atoms with Gasteiger partial charge < -0.3 is 5.32 Å². The first kappa shape index (κ1) is 11.9. The van der Waals surface area contributed by atoms with Crippen molar-refractivity contribution in [2.75, 3.05) is 6.54 Å². The lowest BCUT2D eigenvalue weighted by atomic mass is 10.2. The third-order valence-electron chi connectivity index (χ3n) is 1.77. The summed E-state index contributed by atoms with van der Waals surface area (Å²) in [6.45, 7) is 4.47. The lowest BCUT2D eigenvalue weighted by Gasteiger charge is -1.99. The average molecular weight is 186 g/mol. The van der Waals surface area contributed by atoms with E-state index in [1.807, 2.05) is 0 Å². The molecule has 0 saturated heterocycles. The molecule has 0 aromatic heterocycles. The Labute approximate surface area is 79.2 Å². The molecule has 0 spiro atoms. The van der Waals surface area contributed by atoms with Gasteiger partial charge in [-0.1, -0.05) is 26.2 Å². The molecule has 1 N–H and O–H groups in total. The fraction of sp³-hybridized carbons (Fsp3) is 0.778. The summed E-state index contributed by atoms with van der Waals surface area (Å²) in [4.78, 5) is 9.77. The maximum Gasteiger partial charge on any atom is 0.258 e. The number of rotatable bonds is 7. The zero-order chi connectivity index (χ0) is 10.1. The number of hydrogen-bond donors (Lipinski definition) is 1. The summed E-state index contributed by atoms with van der Waals surface area (Å²) in [5, 5.41) is 13.1. The Bertz CT molecular complexity index is 178. The maximum atomic E-state index is 10.2. The summed E-state index contributed by atoms with van der Waals surface area (Å²) < 4.78 is 0.